The van der Waals surface area contributed by atoms with Gasteiger partial charge in [-0.1, -0.05) is 25.0 Å². The number of nitrogens with two attached hydrogens (primary N) is 1. The summed E-state index contributed by atoms with van der Waals surface area (Å²) in [4.78, 5) is 85.6. The van der Waals surface area contributed by atoms with Crippen LogP contribution in [0, 0.1) is 0 Å². The lowest BCUT2D eigenvalue weighted by Gasteiger charge is -2.31. The van der Waals surface area contributed by atoms with Crippen LogP contribution in [0.4, 0.5) is 0 Å². The third kappa shape index (κ3) is 16.4. The summed E-state index contributed by atoms with van der Waals surface area (Å²) in [5.74, 6) is -2.63. The molecule has 0 unspecified atom stereocenters. The SMILES string of the molecule is CCC(=O)N(CCOC)CC(=O)N(CCOC)CC(=O)N(CCCn1cc(C2CCCC2)nn1)CC(=O)N(CCOC)CC(=O)N(CCOC)CC(N)=O. The highest BCUT2D eigenvalue weighted by Gasteiger charge is 2.28. The lowest BCUT2D eigenvalue weighted by atomic mass is 10.1. The van der Waals surface area contributed by atoms with Crippen LogP contribution in [0.2, 0.25) is 0 Å². The highest BCUT2D eigenvalue weighted by atomic mass is 16.5. The number of hydrogen-bond acceptors (Lipinski definition) is 12. The predicted octanol–water partition coefficient (Wildman–Crippen LogP) is -1.05. The van der Waals surface area contributed by atoms with Crippen LogP contribution in [-0.4, -0.2) is 195 Å². The molecule has 0 bridgehead atoms. The molecule has 1 aromatic heterocycles. The van der Waals surface area contributed by atoms with E-state index in [0.717, 1.165) is 31.4 Å². The summed E-state index contributed by atoms with van der Waals surface area (Å²) in [6, 6.07) is 0. The van der Waals surface area contributed by atoms with Crippen LogP contribution in [0.15, 0.2) is 6.20 Å². The average Bonchev–Trinajstić information content (AvgIpc) is 3.87. The second-order valence-electron chi connectivity index (χ2n) is 13.1. The molecule has 2 rings (SSSR count). The van der Waals surface area contributed by atoms with Crippen LogP contribution < -0.4 is 5.73 Å². The number of ether oxygens (including phenoxy) is 4. The number of carbonyl (C=O) groups is 6. The Morgan fingerprint density at radius 3 is 1.43 bits per heavy atom. The second kappa shape index (κ2) is 25.8. The molecule has 1 heterocycles. The molecule has 0 spiro atoms. The summed E-state index contributed by atoms with van der Waals surface area (Å²) in [5, 5.41) is 8.63. The van der Waals surface area contributed by atoms with Crippen molar-refractivity contribution in [3.63, 3.8) is 0 Å². The molecular weight excluding hydrogens is 706 g/mol. The van der Waals surface area contributed by atoms with E-state index in [0.29, 0.717) is 18.9 Å². The van der Waals surface area contributed by atoms with E-state index in [4.69, 9.17) is 24.7 Å². The minimum absolute atomic E-state index is 0.0297. The first-order chi connectivity index (χ1) is 26.0. The third-order valence-corrected chi connectivity index (χ3v) is 9.12. The molecule has 0 atom stereocenters. The molecule has 0 radical (unpaired) electrons. The molecule has 6 amide bonds. The largest absolute Gasteiger partial charge is 0.383 e. The lowest BCUT2D eigenvalue weighted by molar-refractivity contribution is -0.148. The molecule has 19 heteroatoms. The normalized spacial score (nSPS) is 12.8. The maximum Gasteiger partial charge on any atom is 0.242 e. The van der Waals surface area contributed by atoms with Crippen molar-refractivity contribution in [2.75, 3.05) is 120 Å². The van der Waals surface area contributed by atoms with E-state index in [-0.39, 0.29) is 91.1 Å². The Morgan fingerprint density at radius 2 is 1.04 bits per heavy atom. The molecule has 0 aromatic carbocycles. The zero-order valence-corrected chi connectivity index (χ0v) is 32.7. The fourth-order valence-electron chi connectivity index (χ4n) is 5.99. The molecule has 1 aliphatic rings. The Kier molecular flexibility index (Phi) is 21.9. The number of amides is 6. The Balaban J connectivity index is 2.31. The summed E-state index contributed by atoms with van der Waals surface area (Å²) in [5.41, 5.74) is 6.31. The first-order valence-electron chi connectivity index (χ1n) is 18.5. The van der Waals surface area contributed by atoms with Gasteiger partial charge in [-0.3, -0.25) is 33.4 Å². The molecule has 54 heavy (non-hydrogen) atoms. The van der Waals surface area contributed by atoms with Gasteiger partial charge in [0.15, 0.2) is 0 Å². The molecule has 1 fully saturated rings. The van der Waals surface area contributed by atoms with E-state index < -0.39 is 42.6 Å². The summed E-state index contributed by atoms with van der Waals surface area (Å²) >= 11 is 0. The van der Waals surface area contributed by atoms with Crippen molar-refractivity contribution in [3.05, 3.63) is 11.9 Å². The molecule has 2 N–H and O–H groups in total. The van der Waals surface area contributed by atoms with Gasteiger partial charge in [0.1, 0.15) is 0 Å². The van der Waals surface area contributed by atoms with E-state index in [9.17, 15) is 28.8 Å². The molecule has 1 aliphatic carbocycles. The van der Waals surface area contributed by atoms with Gasteiger partial charge in [0.2, 0.25) is 35.4 Å². The number of primary amides is 1. The minimum Gasteiger partial charge on any atom is -0.383 e. The summed E-state index contributed by atoms with van der Waals surface area (Å²) in [7, 11) is 5.88. The highest BCUT2D eigenvalue weighted by molar-refractivity contribution is 5.92. The van der Waals surface area contributed by atoms with Crippen LogP contribution in [0.3, 0.4) is 0 Å². The van der Waals surface area contributed by atoms with Crippen LogP contribution >= 0.6 is 0 Å². The Hall–Kier alpha value is -4.20. The fraction of sp³-hybridized carbons (Fsp3) is 0.771. The highest BCUT2D eigenvalue weighted by Crippen LogP contribution is 2.32. The standard InChI is InChI=1S/C35H61N9O10/c1-6-31(46)41(15-19-52-3)25-35(50)42(16-20-53-4)26-32(47)39(12-9-13-44-22-29(37-38-44)28-10-7-8-11-28)24-34(49)43(17-21-54-5)27-33(48)40(14-18-51-2)23-30(36)45/h22,28H,6-21,23-27H2,1-5H3,(H2,36,45). The Bertz CT molecular complexity index is 1320. The van der Waals surface area contributed by atoms with Crippen molar-refractivity contribution in [2.24, 2.45) is 5.73 Å². The minimum atomic E-state index is -0.720. The van der Waals surface area contributed by atoms with Crippen molar-refractivity contribution in [3.8, 4) is 0 Å². The number of carbonyl (C=O) groups excluding carboxylic acids is 6. The van der Waals surface area contributed by atoms with Gasteiger partial charge in [0.25, 0.3) is 0 Å². The number of aryl methyl sites for hydroxylation is 1. The van der Waals surface area contributed by atoms with Crippen LogP contribution in [0.5, 0.6) is 0 Å². The number of hydrogen-bond donors (Lipinski definition) is 1. The first kappa shape index (κ1) is 46.0. The maximum atomic E-state index is 14.1. The van der Waals surface area contributed by atoms with E-state index in [2.05, 4.69) is 10.3 Å². The zero-order valence-electron chi connectivity index (χ0n) is 32.7. The molecular formula is C35H61N9O10. The van der Waals surface area contributed by atoms with Gasteiger partial charge in [-0.15, -0.1) is 5.10 Å². The predicted molar refractivity (Wildman–Crippen MR) is 196 cm³/mol. The summed E-state index contributed by atoms with van der Waals surface area (Å²) in [6.07, 6.45) is 7.00. The van der Waals surface area contributed by atoms with Gasteiger partial charge in [-0.2, -0.15) is 0 Å². The third-order valence-electron chi connectivity index (χ3n) is 9.12. The summed E-state index contributed by atoms with van der Waals surface area (Å²) < 4.78 is 22.3. The summed E-state index contributed by atoms with van der Waals surface area (Å²) in [6.45, 7) is 1.41. The molecule has 0 aliphatic heterocycles. The van der Waals surface area contributed by atoms with Crippen molar-refractivity contribution in [1.29, 1.82) is 0 Å². The molecule has 1 aromatic rings. The quantitative estimate of drug-likeness (QED) is 0.108. The topological polar surface area (TPSA) is 212 Å². The van der Waals surface area contributed by atoms with Gasteiger partial charge in [0, 0.05) is 86.2 Å². The van der Waals surface area contributed by atoms with E-state index in [1.54, 1.807) is 11.6 Å². The van der Waals surface area contributed by atoms with E-state index in [1.165, 1.54) is 52.9 Å². The molecule has 0 saturated heterocycles. The number of rotatable bonds is 28. The Morgan fingerprint density at radius 1 is 0.648 bits per heavy atom. The maximum absolute atomic E-state index is 14.1. The average molecular weight is 768 g/mol. The van der Waals surface area contributed by atoms with Crippen LogP contribution in [0.1, 0.15) is 57.1 Å². The fourth-order valence-corrected chi connectivity index (χ4v) is 5.99. The van der Waals surface area contributed by atoms with Crippen LogP contribution in [0.25, 0.3) is 0 Å². The molecule has 306 valence electrons. The first-order valence-corrected chi connectivity index (χ1v) is 18.5. The van der Waals surface area contributed by atoms with E-state index in [1.807, 2.05) is 6.20 Å². The number of aromatic nitrogens is 3. The molecule has 19 nitrogen and oxygen atoms in total. The van der Waals surface area contributed by atoms with E-state index >= 15 is 0 Å². The number of methoxy groups -OCH3 is 4. The monoisotopic (exact) mass is 767 g/mol. The van der Waals surface area contributed by atoms with Gasteiger partial charge in [0.05, 0.1) is 64.8 Å². The Labute approximate surface area is 318 Å². The van der Waals surface area contributed by atoms with Crippen molar-refractivity contribution in [1.82, 2.24) is 39.5 Å². The number of nitrogens with zero attached hydrogens (tertiary/aromatic N) is 8. The molecule has 1 saturated carbocycles. The van der Waals surface area contributed by atoms with Gasteiger partial charge in [-0.25, -0.2) is 0 Å². The smallest absolute Gasteiger partial charge is 0.242 e. The van der Waals surface area contributed by atoms with Crippen molar-refractivity contribution in [2.45, 2.75) is 57.9 Å². The van der Waals surface area contributed by atoms with Gasteiger partial charge < -0.3 is 49.2 Å². The van der Waals surface area contributed by atoms with Gasteiger partial charge >= 0.3 is 0 Å². The van der Waals surface area contributed by atoms with Crippen molar-refractivity contribution < 1.29 is 47.7 Å². The van der Waals surface area contributed by atoms with Crippen molar-refractivity contribution >= 4 is 35.4 Å². The van der Waals surface area contributed by atoms with Gasteiger partial charge in [-0.05, 0) is 19.3 Å². The second-order valence-corrected chi connectivity index (χ2v) is 13.1. The van der Waals surface area contributed by atoms with Crippen LogP contribution in [-0.2, 0) is 54.3 Å². The lowest BCUT2D eigenvalue weighted by Crippen LogP contribution is -2.52. The zero-order chi connectivity index (χ0) is 39.9.